The number of fused-ring (bicyclic) bond motifs is 2. The Labute approximate surface area is 302 Å². The Balaban J connectivity index is 0.826. The van der Waals surface area contributed by atoms with Crippen LogP contribution in [0.4, 0.5) is 5.69 Å². The normalized spacial score (nSPS) is 23.7. The van der Waals surface area contributed by atoms with Crippen molar-refractivity contribution in [2.45, 2.75) is 70.0 Å². The van der Waals surface area contributed by atoms with Gasteiger partial charge in [0.25, 0.3) is 11.8 Å². The molecule has 2 saturated carbocycles. The van der Waals surface area contributed by atoms with Crippen molar-refractivity contribution in [1.82, 2.24) is 30.4 Å². The molecule has 4 amide bonds. The highest BCUT2D eigenvalue weighted by atomic mass is 16.5. The Morgan fingerprint density at radius 1 is 0.981 bits per heavy atom. The number of rotatable bonds is 13. The van der Waals surface area contributed by atoms with Crippen LogP contribution < -0.4 is 16.0 Å². The molecular formula is C39H44N8O5. The van der Waals surface area contributed by atoms with Crippen molar-refractivity contribution < 1.29 is 23.9 Å². The molecule has 270 valence electrons. The third kappa shape index (κ3) is 7.20. The van der Waals surface area contributed by atoms with Crippen LogP contribution in [-0.4, -0.2) is 94.0 Å². The molecule has 1 unspecified atom stereocenters. The smallest absolute Gasteiger partial charge is 0.262 e. The van der Waals surface area contributed by atoms with E-state index in [2.05, 4.69) is 33.0 Å². The lowest BCUT2D eigenvalue weighted by Gasteiger charge is -2.36. The fourth-order valence-corrected chi connectivity index (χ4v) is 7.70. The summed E-state index contributed by atoms with van der Waals surface area (Å²) in [6, 6.07) is 10.8. The van der Waals surface area contributed by atoms with Crippen LogP contribution in [-0.2, 0) is 20.9 Å². The molecule has 2 aromatic carbocycles. The number of allylic oxidation sites excluding steroid dienone is 1. The van der Waals surface area contributed by atoms with Crippen LogP contribution in [0.2, 0.25) is 0 Å². The third-order valence-corrected chi connectivity index (χ3v) is 10.9. The highest BCUT2D eigenvalue weighted by Crippen LogP contribution is 2.36. The van der Waals surface area contributed by atoms with Crippen LogP contribution in [0.25, 0.3) is 16.6 Å². The van der Waals surface area contributed by atoms with Crippen LogP contribution in [0.15, 0.2) is 48.8 Å². The first kappa shape index (κ1) is 34.1. The van der Waals surface area contributed by atoms with Gasteiger partial charge >= 0.3 is 0 Å². The summed E-state index contributed by atoms with van der Waals surface area (Å²) in [6.07, 6.45) is 10.2. The first-order valence-corrected chi connectivity index (χ1v) is 18.5. The number of hydrogen-bond acceptors (Lipinski definition) is 11. The molecule has 4 fully saturated rings. The van der Waals surface area contributed by atoms with E-state index in [9.17, 15) is 19.2 Å². The van der Waals surface area contributed by atoms with Gasteiger partial charge in [-0.25, -0.2) is 4.98 Å². The molecule has 1 aromatic heterocycles. The molecule has 52 heavy (non-hydrogen) atoms. The Hall–Kier alpha value is -5.01. The predicted octanol–water partition coefficient (Wildman–Crippen LogP) is 3.89. The summed E-state index contributed by atoms with van der Waals surface area (Å²) in [5.74, 6) is -1.12. The number of morpholine rings is 1. The molecule has 13 heteroatoms. The minimum absolute atomic E-state index is 0.0923. The zero-order valence-electron chi connectivity index (χ0n) is 29.2. The highest BCUT2D eigenvalue weighted by molar-refractivity contribution is 6.24. The van der Waals surface area contributed by atoms with Crippen molar-refractivity contribution in [2.24, 2.45) is 11.8 Å². The molecule has 3 aromatic rings. The second kappa shape index (κ2) is 14.5. The van der Waals surface area contributed by atoms with Gasteiger partial charge in [0.2, 0.25) is 11.8 Å². The minimum Gasteiger partial charge on any atom is -0.388 e. The van der Waals surface area contributed by atoms with Crippen LogP contribution in [0.3, 0.4) is 0 Å². The number of hydrogen-bond donors (Lipinski definition) is 4. The van der Waals surface area contributed by atoms with Gasteiger partial charge in [0.1, 0.15) is 6.04 Å². The van der Waals surface area contributed by atoms with Gasteiger partial charge in [0.15, 0.2) is 0 Å². The average Bonchev–Trinajstić information content (AvgIpc) is 3.95. The minimum atomic E-state index is -0.971. The molecule has 1 atom stereocenters. The van der Waals surface area contributed by atoms with Gasteiger partial charge in [0, 0.05) is 67.7 Å². The number of piperidine rings is 1. The summed E-state index contributed by atoms with van der Waals surface area (Å²) in [5.41, 5.74) is 6.41. The number of benzene rings is 2. The predicted molar refractivity (Wildman–Crippen MR) is 195 cm³/mol. The van der Waals surface area contributed by atoms with Gasteiger partial charge in [-0.2, -0.15) is 0 Å². The van der Waals surface area contributed by atoms with E-state index in [1.54, 1.807) is 24.4 Å². The molecule has 4 N–H and O–H groups in total. The van der Waals surface area contributed by atoms with E-state index in [4.69, 9.17) is 20.1 Å². The molecule has 0 bridgehead atoms. The Morgan fingerprint density at radius 2 is 1.79 bits per heavy atom. The monoisotopic (exact) mass is 704 g/mol. The average molecular weight is 705 g/mol. The number of carbonyl (C=O) groups excluding carboxylic acids is 4. The Bertz CT molecular complexity index is 1960. The quantitative estimate of drug-likeness (QED) is 0.116. The van der Waals surface area contributed by atoms with Gasteiger partial charge in [-0.05, 0) is 86.8 Å². The SMILES string of the molecule is N=C(/C(=C\NC1CC(CCCNc2ccc3c(c2)C(=O)N(C2CCC(=O)NC2=O)C3=O)C1)c1cnc2ccc(CN3CCOCC3)cc2n1)C1CC1. The Morgan fingerprint density at radius 3 is 2.58 bits per heavy atom. The lowest BCUT2D eigenvalue weighted by atomic mass is 9.77. The van der Waals surface area contributed by atoms with Crippen molar-refractivity contribution in [3.05, 3.63) is 71.2 Å². The molecule has 5 aliphatic rings. The number of ether oxygens (including phenoxy) is 1. The van der Waals surface area contributed by atoms with Gasteiger partial charge < -0.3 is 20.8 Å². The zero-order valence-corrected chi connectivity index (χ0v) is 29.2. The number of aromatic nitrogens is 2. The fourth-order valence-electron chi connectivity index (χ4n) is 7.70. The number of nitrogens with one attached hydrogen (secondary N) is 4. The maximum absolute atomic E-state index is 13.1. The Kier molecular flexibility index (Phi) is 9.54. The summed E-state index contributed by atoms with van der Waals surface area (Å²) in [6.45, 7) is 4.97. The van der Waals surface area contributed by atoms with Gasteiger partial charge in [0.05, 0.1) is 47.3 Å². The molecule has 4 heterocycles. The zero-order chi connectivity index (χ0) is 35.8. The number of amides is 4. The van der Waals surface area contributed by atoms with E-state index < -0.39 is 29.7 Å². The molecule has 13 nitrogen and oxygen atoms in total. The van der Waals surface area contributed by atoms with E-state index in [-0.39, 0.29) is 29.9 Å². The van der Waals surface area contributed by atoms with Crippen molar-refractivity contribution in [3.8, 4) is 0 Å². The summed E-state index contributed by atoms with van der Waals surface area (Å²) >= 11 is 0. The molecule has 8 rings (SSSR count). The van der Waals surface area contributed by atoms with Gasteiger partial charge in [-0.1, -0.05) is 6.07 Å². The van der Waals surface area contributed by atoms with E-state index in [1.807, 2.05) is 12.3 Å². The first-order valence-electron chi connectivity index (χ1n) is 18.5. The largest absolute Gasteiger partial charge is 0.388 e. The van der Waals surface area contributed by atoms with Crippen LogP contribution in [0.1, 0.15) is 83.3 Å². The second-order valence-electron chi connectivity index (χ2n) is 14.7. The van der Waals surface area contributed by atoms with Crippen molar-refractivity contribution >= 4 is 51.6 Å². The van der Waals surface area contributed by atoms with Crippen molar-refractivity contribution in [3.63, 3.8) is 0 Å². The third-order valence-electron chi connectivity index (χ3n) is 10.9. The maximum Gasteiger partial charge on any atom is 0.262 e. The van der Waals surface area contributed by atoms with Crippen LogP contribution >= 0.6 is 0 Å². The number of carbonyl (C=O) groups is 4. The van der Waals surface area contributed by atoms with Crippen molar-refractivity contribution in [2.75, 3.05) is 38.2 Å². The molecule has 2 aliphatic carbocycles. The number of anilines is 1. The number of nitrogens with zero attached hydrogens (tertiary/aromatic N) is 4. The van der Waals surface area contributed by atoms with E-state index in [0.717, 1.165) is 111 Å². The molecule has 2 saturated heterocycles. The van der Waals surface area contributed by atoms with E-state index >= 15 is 0 Å². The maximum atomic E-state index is 13.1. The van der Waals surface area contributed by atoms with Gasteiger partial charge in [-0.15, -0.1) is 0 Å². The fraction of sp³-hybridized carbons (Fsp3) is 0.462. The van der Waals surface area contributed by atoms with Crippen LogP contribution in [0.5, 0.6) is 0 Å². The molecule has 0 spiro atoms. The van der Waals surface area contributed by atoms with Crippen molar-refractivity contribution in [1.29, 1.82) is 5.41 Å². The summed E-state index contributed by atoms with van der Waals surface area (Å²) in [4.78, 5) is 63.1. The molecule has 3 aliphatic heterocycles. The topological polar surface area (TPSA) is 170 Å². The number of imide groups is 2. The standard InChI is InChI=1S/C39H44N8O5/c40-36(25-4-5-25)30(33-21-43-31-8-3-24(18-32(31)44-33)22-46-12-14-52-15-13-46)20-42-27-16-23(17-27)2-1-11-41-26-6-7-28-29(19-26)39(51)47(38(28)50)34-9-10-35(48)45-37(34)49/h3,6-8,18-21,23,25,27,34,40-42H,1-2,4-5,9-17,22H2,(H,45,48,49)/b30-20-,40-36?. The molecular weight excluding hydrogens is 660 g/mol. The van der Waals surface area contributed by atoms with Gasteiger partial charge in [-0.3, -0.25) is 39.3 Å². The van der Waals surface area contributed by atoms with E-state index in [1.165, 1.54) is 5.56 Å². The molecule has 0 radical (unpaired) electrons. The lowest BCUT2D eigenvalue weighted by molar-refractivity contribution is -0.136. The summed E-state index contributed by atoms with van der Waals surface area (Å²) in [5, 5.41) is 18.1. The first-order chi connectivity index (χ1) is 25.3. The summed E-state index contributed by atoms with van der Waals surface area (Å²) < 4.78 is 5.50. The highest BCUT2D eigenvalue weighted by Gasteiger charge is 2.44. The second-order valence-corrected chi connectivity index (χ2v) is 14.7. The van der Waals surface area contributed by atoms with Crippen LogP contribution in [0, 0.1) is 17.2 Å². The summed E-state index contributed by atoms with van der Waals surface area (Å²) in [7, 11) is 0. The lowest BCUT2D eigenvalue weighted by Crippen LogP contribution is -2.54. The van der Waals surface area contributed by atoms with E-state index in [0.29, 0.717) is 17.7 Å².